The summed E-state index contributed by atoms with van der Waals surface area (Å²) in [7, 11) is 0. The summed E-state index contributed by atoms with van der Waals surface area (Å²) in [6.07, 6.45) is 0.936. The van der Waals surface area contributed by atoms with Gasteiger partial charge in [-0.2, -0.15) is 11.8 Å². The average molecular weight is 252 g/mol. The lowest BCUT2D eigenvalue weighted by Gasteiger charge is -2.18. The number of aliphatic hydroxyl groups is 1. The summed E-state index contributed by atoms with van der Waals surface area (Å²) in [4.78, 5) is 0. The molecule has 1 aromatic rings. The van der Waals surface area contributed by atoms with Crippen LogP contribution in [0.15, 0.2) is 24.3 Å². The molecule has 2 nitrogen and oxygen atoms in total. The van der Waals surface area contributed by atoms with Crippen LogP contribution in [0.2, 0.25) is 0 Å². The van der Waals surface area contributed by atoms with Crippen molar-refractivity contribution in [2.45, 2.75) is 32.5 Å². The van der Waals surface area contributed by atoms with Gasteiger partial charge in [0, 0.05) is 0 Å². The van der Waals surface area contributed by atoms with Crippen molar-refractivity contribution in [2.75, 3.05) is 11.5 Å². The maximum absolute atomic E-state index is 10.3. The van der Waals surface area contributed by atoms with Crippen LogP contribution in [0.1, 0.15) is 31.9 Å². The summed E-state index contributed by atoms with van der Waals surface area (Å²) in [5.41, 5.74) is 0.982. The number of aliphatic hydroxyl groups excluding tert-OH is 1. The standard InChI is InChI=1S/C14H20O2S/c1-10(2)16-13-5-3-4-11(8-13)14(15)12-6-7-17-9-12/h3-5,8,10,12,14-15H,6-7,9H2,1-2H3. The van der Waals surface area contributed by atoms with Crippen LogP contribution in [-0.2, 0) is 0 Å². The Morgan fingerprint density at radius 3 is 2.88 bits per heavy atom. The van der Waals surface area contributed by atoms with Crippen LogP contribution in [0, 0.1) is 5.92 Å². The summed E-state index contributed by atoms with van der Waals surface area (Å²) in [5, 5.41) is 10.3. The van der Waals surface area contributed by atoms with E-state index in [0.29, 0.717) is 5.92 Å². The molecule has 0 aromatic heterocycles. The molecule has 1 fully saturated rings. The van der Waals surface area contributed by atoms with E-state index < -0.39 is 0 Å². The first-order valence-electron chi connectivity index (χ1n) is 6.19. The number of hydrogen-bond donors (Lipinski definition) is 1. The zero-order valence-corrected chi connectivity index (χ0v) is 11.2. The monoisotopic (exact) mass is 252 g/mol. The van der Waals surface area contributed by atoms with Gasteiger partial charge in [-0.3, -0.25) is 0 Å². The van der Waals surface area contributed by atoms with Crippen LogP contribution >= 0.6 is 11.8 Å². The third-order valence-corrected chi connectivity index (χ3v) is 4.17. The molecule has 2 unspecified atom stereocenters. The minimum atomic E-state index is -0.347. The summed E-state index contributed by atoms with van der Waals surface area (Å²) >= 11 is 1.93. The molecule has 94 valence electrons. The van der Waals surface area contributed by atoms with Crippen LogP contribution in [0.3, 0.4) is 0 Å². The van der Waals surface area contributed by atoms with Crippen molar-refractivity contribution in [2.24, 2.45) is 5.92 Å². The van der Waals surface area contributed by atoms with Crippen molar-refractivity contribution in [1.29, 1.82) is 0 Å². The molecule has 1 saturated heterocycles. The van der Waals surface area contributed by atoms with Gasteiger partial charge in [0.25, 0.3) is 0 Å². The van der Waals surface area contributed by atoms with Crippen LogP contribution in [0.4, 0.5) is 0 Å². The minimum absolute atomic E-state index is 0.171. The average Bonchev–Trinajstić information content (AvgIpc) is 2.81. The van der Waals surface area contributed by atoms with Gasteiger partial charge in [-0.1, -0.05) is 12.1 Å². The summed E-state index contributed by atoms with van der Waals surface area (Å²) < 4.78 is 5.65. The SMILES string of the molecule is CC(C)Oc1cccc(C(O)C2CCSC2)c1. The second kappa shape index (κ2) is 5.78. The van der Waals surface area contributed by atoms with Crippen molar-refractivity contribution in [1.82, 2.24) is 0 Å². The Balaban J connectivity index is 2.09. The fourth-order valence-electron chi connectivity index (χ4n) is 2.12. The van der Waals surface area contributed by atoms with E-state index in [0.717, 1.165) is 23.5 Å². The highest BCUT2D eigenvalue weighted by atomic mass is 32.2. The highest BCUT2D eigenvalue weighted by Gasteiger charge is 2.25. The first-order valence-corrected chi connectivity index (χ1v) is 7.34. The van der Waals surface area contributed by atoms with Crippen LogP contribution < -0.4 is 4.74 Å². The van der Waals surface area contributed by atoms with Gasteiger partial charge in [-0.25, -0.2) is 0 Å². The first-order chi connectivity index (χ1) is 8.16. The molecule has 1 aromatic carbocycles. The third kappa shape index (κ3) is 3.39. The minimum Gasteiger partial charge on any atom is -0.491 e. The Bertz CT molecular complexity index is 359. The van der Waals surface area contributed by atoms with E-state index in [1.807, 2.05) is 49.9 Å². The molecule has 0 spiro atoms. The maximum Gasteiger partial charge on any atom is 0.120 e. The predicted octanol–water partition coefficient (Wildman–Crippen LogP) is 3.26. The van der Waals surface area contributed by atoms with Crippen molar-refractivity contribution < 1.29 is 9.84 Å². The Morgan fingerprint density at radius 1 is 1.41 bits per heavy atom. The van der Waals surface area contributed by atoms with E-state index in [1.54, 1.807) is 0 Å². The molecule has 2 rings (SSSR count). The fraction of sp³-hybridized carbons (Fsp3) is 0.571. The molecule has 3 heteroatoms. The number of hydrogen-bond acceptors (Lipinski definition) is 3. The Morgan fingerprint density at radius 2 is 2.24 bits per heavy atom. The quantitative estimate of drug-likeness (QED) is 0.892. The molecular formula is C14H20O2S. The van der Waals surface area contributed by atoms with Crippen molar-refractivity contribution >= 4 is 11.8 Å². The second-order valence-electron chi connectivity index (χ2n) is 4.81. The molecule has 0 radical (unpaired) electrons. The van der Waals surface area contributed by atoms with E-state index in [1.165, 1.54) is 5.75 Å². The van der Waals surface area contributed by atoms with E-state index in [4.69, 9.17) is 4.74 Å². The topological polar surface area (TPSA) is 29.5 Å². The summed E-state index contributed by atoms with van der Waals surface area (Å²) in [6.45, 7) is 4.02. The lowest BCUT2D eigenvalue weighted by molar-refractivity contribution is 0.120. The van der Waals surface area contributed by atoms with E-state index in [-0.39, 0.29) is 12.2 Å². The molecule has 1 aliphatic heterocycles. The lowest BCUT2D eigenvalue weighted by Crippen LogP contribution is -2.12. The lowest BCUT2D eigenvalue weighted by atomic mass is 9.95. The van der Waals surface area contributed by atoms with Gasteiger partial charge in [0.1, 0.15) is 5.75 Å². The molecule has 0 aliphatic carbocycles. The highest BCUT2D eigenvalue weighted by Crippen LogP contribution is 2.35. The molecule has 0 bridgehead atoms. The molecule has 0 amide bonds. The third-order valence-electron chi connectivity index (χ3n) is 2.98. The van der Waals surface area contributed by atoms with Crippen molar-refractivity contribution in [3.63, 3.8) is 0 Å². The predicted molar refractivity (Wildman–Crippen MR) is 72.6 cm³/mol. The number of benzene rings is 1. The van der Waals surface area contributed by atoms with Gasteiger partial charge in [0.15, 0.2) is 0 Å². The number of ether oxygens (including phenoxy) is 1. The molecule has 1 N–H and O–H groups in total. The summed E-state index contributed by atoms with van der Waals surface area (Å²) in [6, 6.07) is 7.85. The van der Waals surface area contributed by atoms with Gasteiger partial charge < -0.3 is 9.84 Å². The molecule has 17 heavy (non-hydrogen) atoms. The van der Waals surface area contributed by atoms with E-state index >= 15 is 0 Å². The largest absolute Gasteiger partial charge is 0.491 e. The van der Waals surface area contributed by atoms with Crippen LogP contribution in [0.25, 0.3) is 0 Å². The van der Waals surface area contributed by atoms with E-state index in [9.17, 15) is 5.11 Å². The van der Waals surface area contributed by atoms with Gasteiger partial charge in [-0.05, 0) is 55.4 Å². The normalized spacial score (nSPS) is 21.8. The second-order valence-corrected chi connectivity index (χ2v) is 5.96. The Kier molecular flexibility index (Phi) is 4.35. The molecular weight excluding hydrogens is 232 g/mol. The van der Waals surface area contributed by atoms with Gasteiger partial charge in [-0.15, -0.1) is 0 Å². The molecule has 2 atom stereocenters. The van der Waals surface area contributed by atoms with Gasteiger partial charge in [0.05, 0.1) is 12.2 Å². The Labute approximate surface area is 107 Å². The van der Waals surface area contributed by atoms with Crippen LogP contribution in [-0.4, -0.2) is 22.7 Å². The fourth-order valence-corrected chi connectivity index (χ4v) is 3.41. The molecule has 1 aliphatic rings. The zero-order chi connectivity index (χ0) is 12.3. The van der Waals surface area contributed by atoms with E-state index in [2.05, 4.69) is 0 Å². The zero-order valence-electron chi connectivity index (χ0n) is 10.4. The molecule has 1 heterocycles. The van der Waals surface area contributed by atoms with Gasteiger partial charge >= 0.3 is 0 Å². The first kappa shape index (κ1) is 12.8. The maximum atomic E-state index is 10.3. The Hall–Kier alpha value is -0.670. The van der Waals surface area contributed by atoms with Crippen molar-refractivity contribution in [3.8, 4) is 5.75 Å². The molecule has 0 saturated carbocycles. The smallest absolute Gasteiger partial charge is 0.120 e. The number of rotatable bonds is 4. The summed E-state index contributed by atoms with van der Waals surface area (Å²) in [5.74, 6) is 3.48. The highest BCUT2D eigenvalue weighted by molar-refractivity contribution is 7.99. The number of thioether (sulfide) groups is 1. The van der Waals surface area contributed by atoms with Gasteiger partial charge in [0.2, 0.25) is 0 Å². The van der Waals surface area contributed by atoms with Crippen LogP contribution in [0.5, 0.6) is 5.75 Å². The van der Waals surface area contributed by atoms with Crippen molar-refractivity contribution in [3.05, 3.63) is 29.8 Å².